The molecule has 2 aliphatic heterocycles. The van der Waals surface area contributed by atoms with Crippen LogP contribution >= 0.6 is 0 Å². The van der Waals surface area contributed by atoms with Gasteiger partial charge in [0.1, 0.15) is 12.7 Å². The van der Waals surface area contributed by atoms with E-state index in [1.54, 1.807) is 53.3 Å². The highest BCUT2D eigenvalue weighted by Crippen LogP contribution is 2.35. The Kier molecular flexibility index (Phi) is 6.21. The van der Waals surface area contributed by atoms with Gasteiger partial charge in [-0.05, 0) is 54.8 Å². The molecule has 0 bridgehead atoms. The minimum Gasteiger partial charge on any atom is -0.457 e. The number of rotatable bonds is 7. The van der Waals surface area contributed by atoms with Crippen LogP contribution < -0.4 is 5.32 Å². The third-order valence-electron chi connectivity index (χ3n) is 7.46. The van der Waals surface area contributed by atoms with Gasteiger partial charge in [0.05, 0.1) is 34.5 Å². The topological polar surface area (TPSA) is 130 Å². The molecule has 2 aromatic carbocycles. The zero-order chi connectivity index (χ0) is 28.0. The first-order valence-corrected chi connectivity index (χ1v) is 12.7. The van der Waals surface area contributed by atoms with Crippen LogP contribution in [0.3, 0.4) is 0 Å². The fraction of sp³-hybridized carbons (Fsp3) is 0.200. The molecule has 1 atom stereocenters. The first-order valence-electron chi connectivity index (χ1n) is 12.7. The predicted octanol–water partition coefficient (Wildman–Crippen LogP) is 3.55. The van der Waals surface area contributed by atoms with E-state index >= 15 is 0 Å². The molecule has 0 saturated carbocycles. The molecule has 40 heavy (non-hydrogen) atoms. The van der Waals surface area contributed by atoms with Crippen molar-refractivity contribution in [1.29, 1.82) is 5.26 Å². The SMILES string of the molecule is Cc1cc(-n2cc(CNC[C@@H](c3ccc4c(c3C)COC4=O)N3C(=O)c4ccccc4C3=O)cn2)ncc1C#N. The Labute approximate surface area is 229 Å². The number of pyridine rings is 1. The number of amides is 2. The highest BCUT2D eigenvalue weighted by atomic mass is 16.5. The van der Waals surface area contributed by atoms with Crippen LogP contribution in [0.5, 0.6) is 0 Å². The number of hydrogen-bond donors (Lipinski definition) is 1. The second-order valence-electron chi connectivity index (χ2n) is 9.82. The van der Waals surface area contributed by atoms with Crippen molar-refractivity contribution in [3.8, 4) is 11.9 Å². The molecule has 4 heterocycles. The molecule has 0 aliphatic carbocycles. The van der Waals surface area contributed by atoms with Crippen molar-refractivity contribution in [3.05, 3.63) is 111 Å². The van der Waals surface area contributed by atoms with Crippen molar-refractivity contribution in [2.45, 2.75) is 33.0 Å². The Morgan fingerprint density at radius 1 is 1.05 bits per heavy atom. The van der Waals surface area contributed by atoms with Crippen molar-refractivity contribution in [2.24, 2.45) is 0 Å². The molecular weight excluding hydrogens is 508 g/mol. The molecule has 2 aromatic heterocycles. The van der Waals surface area contributed by atoms with Crippen LogP contribution in [0.1, 0.15) is 70.5 Å². The number of fused-ring (bicyclic) bond motifs is 2. The lowest BCUT2D eigenvalue weighted by atomic mass is 9.93. The number of imide groups is 1. The molecule has 1 N–H and O–H groups in total. The van der Waals surface area contributed by atoms with E-state index in [1.165, 1.54) is 11.1 Å². The highest BCUT2D eigenvalue weighted by Gasteiger charge is 2.41. The van der Waals surface area contributed by atoms with E-state index in [0.717, 1.165) is 27.8 Å². The number of esters is 1. The van der Waals surface area contributed by atoms with Gasteiger partial charge in [0.25, 0.3) is 11.8 Å². The van der Waals surface area contributed by atoms with Gasteiger partial charge in [-0.2, -0.15) is 10.4 Å². The van der Waals surface area contributed by atoms with Crippen molar-refractivity contribution < 1.29 is 19.1 Å². The Bertz CT molecular complexity index is 1720. The Morgan fingerprint density at radius 3 is 2.50 bits per heavy atom. The van der Waals surface area contributed by atoms with Crippen LogP contribution in [0.25, 0.3) is 5.82 Å². The summed E-state index contributed by atoms with van der Waals surface area (Å²) in [6, 6.07) is 13.6. The van der Waals surface area contributed by atoms with Crippen molar-refractivity contribution in [1.82, 2.24) is 25.0 Å². The van der Waals surface area contributed by atoms with E-state index < -0.39 is 6.04 Å². The number of carbonyl (C=O) groups is 3. The van der Waals surface area contributed by atoms with Crippen LogP contribution in [0, 0.1) is 25.2 Å². The van der Waals surface area contributed by atoms with Gasteiger partial charge in [-0.25, -0.2) is 14.5 Å². The molecule has 0 unspecified atom stereocenters. The molecule has 0 saturated heterocycles. The number of nitrogens with one attached hydrogen (secondary N) is 1. The lowest BCUT2D eigenvalue weighted by Gasteiger charge is -2.29. The average Bonchev–Trinajstić information content (AvgIpc) is 3.65. The molecule has 4 aromatic rings. The van der Waals surface area contributed by atoms with Crippen molar-refractivity contribution in [2.75, 3.05) is 6.54 Å². The van der Waals surface area contributed by atoms with Crippen molar-refractivity contribution in [3.63, 3.8) is 0 Å². The van der Waals surface area contributed by atoms with E-state index in [1.807, 2.05) is 20.0 Å². The molecule has 10 heteroatoms. The zero-order valence-electron chi connectivity index (χ0n) is 21.8. The van der Waals surface area contributed by atoms with Crippen LogP contribution in [0.15, 0.2) is 61.1 Å². The summed E-state index contributed by atoms with van der Waals surface area (Å²) in [6.07, 6.45) is 5.07. The smallest absolute Gasteiger partial charge is 0.338 e. The van der Waals surface area contributed by atoms with Gasteiger partial charge in [-0.3, -0.25) is 14.5 Å². The summed E-state index contributed by atoms with van der Waals surface area (Å²) < 4.78 is 6.86. The maximum atomic E-state index is 13.4. The first kappa shape index (κ1) is 25.2. The molecule has 0 radical (unpaired) electrons. The van der Waals surface area contributed by atoms with Crippen LogP contribution in [0.4, 0.5) is 0 Å². The molecule has 198 valence electrons. The number of benzene rings is 2. The number of aromatic nitrogens is 3. The van der Waals surface area contributed by atoms with Crippen molar-refractivity contribution >= 4 is 17.8 Å². The third kappa shape index (κ3) is 4.13. The van der Waals surface area contributed by atoms with Crippen LogP contribution in [-0.2, 0) is 17.9 Å². The summed E-state index contributed by atoms with van der Waals surface area (Å²) >= 11 is 0. The molecule has 2 aliphatic rings. The summed E-state index contributed by atoms with van der Waals surface area (Å²) in [5, 5.41) is 16.9. The summed E-state index contributed by atoms with van der Waals surface area (Å²) in [7, 11) is 0. The van der Waals surface area contributed by atoms with Crippen LogP contribution in [0.2, 0.25) is 0 Å². The number of ether oxygens (including phenoxy) is 1. The maximum Gasteiger partial charge on any atom is 0.338 e. The normalized spacial score (nSPS) is 14.6. The maximum absolute atomic E-state index is 13.4. The fourth-order valence-electron chi connectivity index (χ4n) is 5.27. The molecule has 0 spiro atoms. The first-order chi connectivity index (χ1) is 19.4. The van der Waals surface area contributed by atoms with Gasteiger partial charge in [0, 0.05) is 36.6 Å². The van der Waals surface area contributed by atoms with Gasteiger partial charge < -0.3 is 10.1 Å². The molecular formula is C30H24N6O4. The minimum absolute atomic E-state index is 0.165. The Hall–Kier alpha value is -5.14. The zero-order valence-corrected chi connectivity index (χ0v) is 21.8. The van der Waals surface area contributed by atoms with Crippen LogP contribution in [-0.4, -0.2) is 44.0 Å². The monoisotopic (exact) mass is 532 g/mol. The second-order valence-corrected chi connectivity index (χ2v) is 9.82. The second kappa shape index (κ2) is 9.87. The average molecular weight is 533 g/mol. The highest BCUT2D eigenvalue weighted by molar-refractivity contribution is 6.21. The number of nitrogens with zero attached hydrogens (tertiary/aromatic N) is 5. The fourth-order valence-corrected chi connectivity index (χ4v) is 5.27. The summed E-state index contributed by atoms with van der Waals surface area (Å²) in [5.41, 5.74) is 5.81. The Balaban J connectivity index is 1.27. The van der Waals surface area contributed by atoms with Gasteiger partial charge in [0.2, 0.25) is 0 Å². The van der Waals surface area contributed by atoms with E-state index in [9.17, 15) is 14.4 Å². The number of hydrogen-bond acceptors (Lipinski definition) is 8. The van der Waals surface area contributed by atoms with Gasteiger partial charge >= 0.3 is 5.97 Å². The number of cyclic esters (lactones) is 1. The summed E-state index contributed by atoms with van der Waals surface area (Å²) in [5.74, 6) is -0.481. The quantitative estimate of drug-likeness (QED) is 0.283. The molecule has 6 rings (SSSR count). The minimum atomic E-state index is -0.619. The molecule has 0 fully saturated rings. The standard InChI is InChI=1S/C30H24N6O4/c1-17-9-27(33-13-20(17)10-31)35-15-19(12-34-35)11-32-14-26(21-7-8-24-25(18(21)2)16-40-30(24)39)36-28(37)22-5-3-4-6-23(22)29(36)38/h3-9,12-13,15,26,32H,11,14,16H2,1-2H3/t26-/m0/s1. The van der Waals surface area contributed by atoms with E-state index in [-0.39, 0.29) is 30.9 Å². The Morgan fingerprint density at radius 2 is 1.80 bits per heavy atom. The van der Waals surface area contributed by atoms with E-state index in [4.69, 9.17) is 10.00 Å². The van der Waals surface area contributed by atoms with Gasteiger partial charge in [0.15, 0.2) is 5.82 Å². The predicted molar refractivity (Wildman–Crippen MR) is 142 cm³/mol. The largest absolute Gasteiger partial charge is 0.457 e. The van der Waals surface area contributed by atoms with Gasteiger partial charge in [-0.1, -0.05) is 18.2 Å². The number of carbonyl (C=O) groups excluding carboxylic acids is 3. The molecule has 10 nitrogen and oxygen atoms in total. The number of aryl methyl sites for hydroxylation is 1. The molecule has 2 amide bonds. The van der Waals surface area contributed by atoms with E-state index in [2.05, 4.69) is 21.5 Å². The van der Waals surface area contributed by atoms with E-state index in [0.29, 0.717) is 34.6 Å². The van der Waals surface area contributed by atoms with Gasteiger partial charge in [-0.15, -0.1) is 0 Å². The number of nitriles is 1. The lowest BCUT2D eigenvalue weighted by molar-refractivity contribution is 0.0533. The lowest BCUT2D eigenvalue weighted by Crippen LogP contribution is -2.40. The summed E-state index contributed by atoms with van der Waals surface area (Å²) in [4.78, 5) is 44.6. The third-order valence-corrected chi connectivity index (χ3v) is 7.46. The summed E-state index contributed by atoms with van der Waals surface area (Å²) in [6.45, 7) is 4.59.